The predicted molar refractivity (Wildman–Crippen MR) is 117 cm³/mol. The van der Waals surface area contributed by atoms with Crippen molar-refractivity contribution < 1.29 is 19.1 Å². The molecule has 1 saturated heterocycles. The Balaban J connectivity index is 1.53. The third-order valence-corrected chi connectivity index (χ3v) is 5.07. The number of alkyl carbamates (subject to hydrolysis) is 1. The Bertz CT molecular complexity index is 903. The van der Waals surface area contributed by atoms with E-state index < -0.39 is 12.1 Å². The van der Waals surface area contributed by atoms with Crippen LogP contribution in [0.15, 0.2) is 54.6 Å². The Hall–Kier alpha value is -3.39. The molecular formula is C23H28N4O4. The second-order valence-electron chi connectivity index (χ2n) is 7.47. The number of hydrogen-bond donors (Lipinski definition) is 3. The quantitative estimate of drug-likeness (QED) is 0.632. The summed E-state index contributed by atoms with van der Waals surface area (Å²) in [5.74, 6) is -0.574. The molecule has 4 N–H and O–H groups in total. The van der Waals surface area contributed by atoms with Crippen LogP contribution in [0.4, 0.5) is 10.5 Å². The largest absolute Gasteiger partial charge is 0.445 e. The van der Waals surface area contributed by atoms with E-state index in [1.54, 1.807) is 12.1 Å². The summed E-state index contributed by atoms with van der Waals surface area (Å²) in [6, 6.07) is 15.9. The molecule has 0 aromatic heterocycles. The monoisotopic (exact) mass is 424 g/mol. The minimum atomic E-state index is -0.709. The molecule has 1 aliphatic heterocycles. The molecule has 3 rings (SSSR count). The maximum atomic E-state index is 12.9. The zero-order chi connectivity index (χ0) is 22.1. The summed E-state index contributed by atoms with van der Waals surface area (Å²) < 4.78 is 5.23. The van der Waals surface area contributed by atoms with Crippen molar-refractivity contribution in [1.29, 1.82) is 0 Å². The summed E-state index contributed by atoms with van der Waals surface area (Å²) in [6.07, 6.45) is 1.40. The first-order valence-corrected chi connectivity index (χ1v) is 10.4. The third-order valence-electron chi connectivity index (χ3n) is 5.07. The van der Waals surface area contributed by atoms with Gasteiger partial charge in [-0.3, -0.25) is 9.59 Å². The van der Waals surface area contributed by atoms with Crippen LogP contribution in [0.3, 0.4) is 0 Å². The van der Waals surface area contributed by atoms with E-state index in [4.69, 9.17) is 10.5 Å². The third kappa shape index (κ3) is 6.82. The van der Waals surface area contributed by atoms with Gasteiger partial charge in [-0.05, 0) is 42.5 Å². The molecule has 31 heavy (non-hydrogen) atoms. The number of nitrogens with zero attached hydrogens (tertiary/aromatic N) is 1. The fraction of sp³-hybridized carbons (Fsp3) is 0.348. The van der Waals surface area contributed by atoms with Crippen molar-refractivity contribution in [2.45, 2.75) is 38.5 Å². The molecule has 0 bridgehead atoms. The molecule has 8 nitrogen and oxygen atoms in total. The van der Waals surface area contributed by atoms with Gasteiger partial charge in [-0.2, -0.15) is 0 Å². The summed E-state index contributed by atoms with van der Waals surface area (Å²) in [6.45, 7) is 0.888. The maximum absolute atomic E-state index is 12.9. The zero-order valence-corrected chi connectivity index (χ0v) is 17.4. The Morgan fingerprint density at radius 2 is 1.84 bits per heavy atom. The van der Waals surface area contributed by atoms with Gasteiger partial charge in [-0.25, -0.2) is 4.79 Å². The highest BCUT2D eigenvalue weighted by atomic mass is 16.5. The van der Waals surface area contributed by atoms with E-state index in [0.717, 1.165) is 24.0 Å². The van der Waals surface area contributed by atoms with E-state index in [-0.39, 0.29) is 25.0 Å². The lowest BCUT2D eigenvalue weighted by Gasteiger charge is -2.24. The fourth-order valence-corrected chi connectivity index (χ4v) is 3.45. The minimum absolute atomic E-state index is 0.0804. The molecular weight excluding hydrogens is 396 g/mol. The molecule has 0 spiro atoms. The summed E-state index contributed by atoms with van der Waals surface area (Å²) >= 11 is 0. The second-order valence-corrected chi connectivity index (χ2v) is 7.47. The van der Waals surface area contributed by atoms with Crippen LogP contribution in [0.5, 0.6) is 0 Å². The van der Waals surface area contributed by atoms with Gasteiger partial charge in [0.05, 0.1) is 6.54 Å². The molecule has 0 aliphatic carbocycles. The fourth-order valence-electron chi connectivity index (χ4n) is 3.45. The van der Waals surface area contributed by atoms with E-state index in [0.29, 0.717) is 25.2 Å². The lowest BCUT2D eigenvalue weighted by Crippen LogP contribution is -2.49. The SMILES string of the molecule is NCc1cccc(NC(=O)CN2CCCCC(NC(=O)OCc3ccccc3)C2=O)c1. The molecule has 2 aromatic carbocycles. The molecule has 8 heteroatoms. The van der Waals surface area contributed by atoms with Gasteiger partial charge in [0.15, 0.2) is 0 Å². The number of ether oxygens (including phenoxy) is 1. The van der Waals surface area contributed by atoms with Crippen molar-refractivity contribution in [1.82, 2.24) is 10.2 Å². The van der Waals surface area contributed by atoms with E-state index in [1.165, 1.54) is 4.90 Å². The highest BCUT2D eigenvalue weighted by Crippen LogP contribution is 2.14. The number of nitrogens with two attached hydrogens (primary N) is 1. The molecule has 164 valence electrons. The minimum Gasteiger partial charge on any atom is -0.445 e. The molecule has 3 amide bonds. The molecule has 1 unspecified atom stereocenters. The van der Waals surface area contributed by atoms with Crippen molar-refractivity contribution >= 4 is 23.6 Å². The van der Waals surface area contributed by atoms with E-state index in [1.807, 2.05) is 42.5 Å². The number of rotatable bonds is 7. The average molecular weight is 425 g/mol. The van der Waals surface area contributed by atoms with Crippen molar-refractivity contribution in [2.24, 2.45) is 5.73 Å². The van der Waals surface area contributed by atoms with Crippen molar-refractivity contribution in [3.63, 3.8) is 0 Å². The first-order chi connectivity index (χ1) is 15.0. The van der Waals surface area contributed by atoms with Gasteiger partial charge in [0.25, 0.3) is 0 Å². The number of nitrogens with one attached hydrogen (secondary N) is 2. The molecule has 0 radical (unpaired) electrons. The van der Waals surface area contributed by atoms with E-state index in [2.05, 4.69) is 10.6 Å². The number of likely N-dealkylation sites (tertiary alicyclic amines) is 1. The average Bonchev–Trinajstić information content (AvgIpc) is 2.95. The van der Waals surface area contributed by atoms with Gasteiger partial charge >= 0.3 is 6.09 Å². The van der Waals surface area contributed by atoms with Crippen LogP contribution >= 0.6 is 0 Å². The Kier molecular flexibility index (Phi) is 8.00. The van der Waals surface area contributed by atoms with Crippen molar-refractivity contribution in [3.8, 4) is 0 Å². The number of carbonyl (C=O) groups excluding carboxylic acids is 3. The van der Waals surface area contributed by atoms with E-state index in [9.17, 15) is 14.4 Å². The van der Waals surface area contributed by atoms with Gasteiger partial charge in [-0.1, -0.05) is 42.5 Å². The molecule has 1 fully saturated rings. The molecule has 2 aromatic rings. The topological polar surface area (TPSA) is 114 Å². The number of anilines is 1. The maximum Gasteiger partial charge on any atom is 0.408 e. The Morgan fingerprint density at radius 1 is 1.06 bits per heavy atom. The van der Waals surface area contributed by atoms with Crippen LogP contribution in [0.25, 0.3) is 0 Å². The van der Waals surface area contributed by atoms with Gasteiger partial charge in [0.2, 0.25) is 11.8 Å². The normalized spacial score (nSPS) is 16.4. The summed E-state index contributed by atoms with van der Waals surface area (Å²) in [5.41, 5.74) is 8.03. The lowest BCUT2D eigenvalue weighted by atomic mass is 10.1. The lowest BCUT2D eigenvalue weighted by molar-refractivity contribution is -0.135. The molecule has 1 aliphatic rings. The predicted octanol–water partition coefficient (Wildman–Crippen LogP) is 2.39. The van der Waals surface area contributed by atoms with E-state index >= 15 is 0 Å². The van der Waals surface area contributed by atoms with Gasteiger partial charge in [0, 0.05) is 18.8 Å². The summed E-state index contributed by atoms with van der Waals surface area (Å²) in [5, 5.41) is 5.45. The number of hydrogen-bond acceptors (Lipinski definition) is 5. The van der Waals surface area contributed by atoms with Crippen LogP contribution in [0.2, 0.25) is 0 Å². The molecule has 1 atom stereocenters. The van der Waals surface area contributed by atoms with Gasteiger partial charge in [-0.15, -0.1) is 0 Å². The van der Waals surface area contributed by atoms with Gasteiger partial charge < -0.3 is 26.0 Å². The van der Waals surface area contributed by atoms with Crippen LogP contribution in [-0.4, -0.2) is 41.9 Å². The number of carbonyl (C=O) groups is 3. The smallest absolute Gasteiger partial charge is 0.408 e. The van der Waals surface area contributed by atoms with Gasteiger partial charge in [0.1, 0.15) is 12.6 Å². The second kappa shape index (κ2) is 11.1. The zero-order valence-electron chi connectivity index (χ0n) is 17.4. The van der Waals surface area contributed by atoms with Crippen LogP contribution in [-0.2, 0) is 27.5 Å². The first-order valence-electron chi connectivity index (χ1n) is 10.4. The number of amides is 3. The van der Waals surface area contributed by atoms with Crippen LogP contribution < -0.4 is 16.4 Å². The summed E-state index contributed by atoms with van der Waals surface area (Å²) in [7, 11) is 0. The van der Waals surface area contributed by atoms with Crippen LogP contribution in [0, 0.1) is 0 Å². The number of benzene rings is 2. The van der Waals surface area contributed by atoms with Crippen molar-refractivity contribution in [2.75, 3.05) is 18.4 Å². The Labute approximate surface area is 181 Å². The first kappa shape index (κ1) is 22.3. The standard InChI is InChI=1S/C23H28N4O4/c24-14-18-9-6-10-19(13-18)25-21(28)15-27-12-5-4-11-20(22(27)29)26-23(30)31-16-17-7-2-1-3-8-17/h1-3,6-10,13,20H,4-5,11-12,14-16,24H2,(H,25,28)(H,26,30). The van der Waals surface area contributed by atoms with Crippen LogP contribution in [0.1, 0.15) is 30.4 Å². The van der Waals surface area contributed by atoms with Crippen molar-refractivity contribution in [3.05, 3.63) is 65.7 Å². The summed E-state index contributed by atoms with van der Waals surface area (Å²) in [4.78, 5) is 39.0. The Morgan fingerprint density at radius 3 is 2.61 bits per heavy atom. The molecule has 0 saturated carbocycles. The molecule has 1 heterocycles. The highest BCUT2D eigenvalue weighted by molar-refractivity contribution is 5.96. The highest BCUT2D eigenvalue weighted by Gasteiger charge is 2.29.